The van der Waals surface area contributed by atoms with E-state index in [1.54, 1.807) is 23.6 Å². The number of pyridine rings is 1. The molecule has 5 heteroatoms. The lowest BCUT2D eigenvalue weighted by Gasteiger charge is -2.12. The maximum absolute atomic E-state index is 14.1. The van der Waals surface area contributed by atoms with Crippen LogP contribution in [0.2, 0.25) is 0 Å². The summed E-state index contributed by atoms with van der Waals surface area (Å²) in [6, 6.07) is 4.98. The number of nitrogens with two attached hydrogens (primary N) is 1. The third-order valence-corrected chi connectivity index (χ3v) is 4.20. The number of aryl methyl sites for hydroxylation is 1. The topological polar surface area (TPSA) is 50.9 Å². The molecule has 0 aliphatic rings. The van der Waals surface area contributed by atoms with Crippen LogP contribution in [0.1, 0.15) is 11.1 Å². The van der Waals surface area contributed by atoms with Crippen molar-refractivity contribution in [3.63, 3.8) is 0 Å². The Labute approximate surface area is 120 Å². The lowest BCUT2D eigenvalue weighted by atomic mass is 10.1. The summed E-state index contributed by atoms with van der Waals surface area (Å²) in [7, 11) is 0. The van der Waals surface area contributed by atoms with Crippen LogP contribution in [0.25, 0.3) is 10.9 Å². The fourth-order valence-electron chi connectivity index (χ4n) is 2.16. The van der Waals surface area contributed by atoms with Gasteiger partial charge in [0.1, 0.15) is 0 Å². The third kappa shape index (κ3) is 2.20. The number of nitrogen functional groups attached to an aromatic ring is 1. The molecule has 20 heavy (non-hydrogen) atoms. The SMILES string of the molecule is Cc1cscc1CNc1c(F)cc(N)c2cccnc12. The molecule has 102 valence electrons. The van der Waals surface area contributed by atoms with Crippen LogP contribution in [0.3, 0.4) is 0 Å². The van der Waals surface area contributed by atoms with Crippen molar-refractivity contribution in [3.8, 4) is 0 Å². The number of benzene rings is 1. The van der Waals surface area contributed by atoms with Gasteiger partial charge in [-0.05, 0) is 47.0 Å². The highest BCUT2D eigenvalue weighted by molar-refractivity contribution is 7.08. The summed E-state index contributed by atoms with van der Waals surface area (Å²) < 4.78 is 14.1. The molecule has 0 saturated carbocycles. The molecule has 3 rings (SSSR count). The van der Waals surface area contributed by atoms with Crippen LogP contribution in [-0.2, 0) is 6.54 Å². The average Bonchev–Trinajstić information content (AvgIpc) is 2.84. The fraction of sp³-hybridized carbons (Fsp3) is 0.133. The Morgan fingerprint density at radius 1 is 1.40 bits per heavy atom. The number of hydrogen-bond donors (Lipinski definition) is 2. The van der Waals surface area contributed by atoms with Gasteiger partial charge in [0.05, 0.1) is 11.2 Å². The number of nitrogens with one attached hydrogen (secondary N) is 1. The van der Waals surface area contributed by atoms with Crippen LogP contribution in [0, 0.1) is 12.7 Å². The van der Waals surface area contributed by atoms with E-state index < -0.39 is 0 Å². The van der Waals surface area contributed by atoms with E-state index in [1.165, 1.54) is 11.6 Å². The number of fused-ring (bicyclic) bond motifs is 1. The van der Waals surface area contributed by atoms with Crippen LogP contribution in [0.15, 0.2) is 35.2 Å². The minimum atomic E-state index is -0.374. The Kier molecular flexibility index (Phi) is 3.28. The molecule has 0 unspecified atom stereocenters. The van der Waals surface area contributed by atoms with Gasteiger partial charge in [0.2, 0.25) is 0 Å². The van der Waals surface area contributed by atoms with Crippen LogP contribution < -0.4 is 11.1 Å². The predicted octanol–water partition coefficient (Wildman–Crippen LogP) is 3.94. The van der Waals surface area contributed by atoms with E-state index in [-0.39, 0.29) is 5.82 Å². The zero-order valence-corrected chi connectivity index (χ0v) is 11.8. The predicted molar refractivity (Wildman–Crippen MR) is 82.5 cm³/mol. The summed E-state index contributed by atoms with van der Waals surface area (Å²) in [5, 5.41) is 8.04. The lowest BCUT2D eigenvalue weighted by molar-refractivity contribution is 0.632. The standard InChI is InChI=1S/C15H14FN3S/c1-9-7-20-8-10(9)6-19-15-12(16)5-13(17)11-3-2-4-18-14(11)15/h2-5,7-8,19H,6,17H2,1H3. The molecule has 0 amide bonds. The maximum Gasteiger partial charge on any atom is 0.150 e. The summed E-state index contributed by atoms with van der Waals surface area (Å²) in [5.41, 5.74) is 9.58. The van der Waals surface area contributed by atoms with Gasteiger partial charge in [-0.1, -0.05) is 0 Å². The van der Waals surface area contributed by atoms with Gasteiger partial charge in [0.15, 0.2) is 5.82 Å². The summed E-state index contributed by atoms with van der Waals surface area (Å²) in [4.78, 5) is 4.25. The van der Waals surface area contributed by atoms with E-state index in [4.69, 9.17) is 5.73 Å². The normalized spacial score (nSPS) is 10.9. The zero-order chi connectivity index (χ0) is 14.1. The van der Waals surface area contributed by atoms with E-state index >= 15 is 0 Å². The quantitative estimate of drug-likeness (QED) is 0.717. The molecule has 3 aromatic rings. The van der Waals surface area contributed by atoms with Crippen molar-refractivity contribution in [1.82, 2.24) is 4.98 Å². The number of nitrogens with zero attached hydrogens (tertiary/aromatic N) is 1. The van der Waals surface area contributed by atoms with Crippen molar-refractivity contribution >= 4 is 33.6 Å². The Morgan fingerprint density at radius 3 is 3.00 bits per heavy atom. The van der Waals surface area contributed by atoms with Crippen LogP contribution in [0.4, 0.5) is 15.8 Å². The summed E-state index contributed by atoms with van der Waals surface area (Å²) in [5.74, 6) is -0.374. The number of aromatic nitrogens is 1. The van der Waals surface area contributed by atoms with Gasteiger partial charge in [-0.15, -0.1) is 0 Å². The van der Waals surface area contributed by atoms with E-state index in [0.717, 1.165) is 10.9 Å². The number of hydrogen-bond acceptors (Lipinski definition) is 4. The molecule has 0 aliphatic carbocycles. The first-order valence-corrected chi connectivity index (χ1v) is 7.19. The van der Waals surface area contributed by atoms with Crippen LogP contribution in [0.5, 0.6) is 0 Å². The molecular formula is C15H14FN3S. The minimum absolute atomic E-state index is 0.374. The third-order valence-electron chi connectivity index (χ3n) is 3.29. The van der Waals surface area contributed by atoms with E-state index in [1.807, 2.05) is 13.0 Å². The number of thiophene rings is 1. The second-order valence-electron chi connectivity index (χ2n) is 4.66. The number of rotatable bonds is 3. The Morgan fingerprint density at radius 2 is 2.25 bits per heavy atom. The smallest absolute Gasteiger partial charge is 0.150 e. The second kappa shape index (κ2) is 5.09. The van der Waals surface area contributed by atoms with Crippen molar-refractivity contribution in [2.45, 2.75) is 13.5 Å². The fourth-order valence-corrected chi connectivity index (χ4v) is 3.01. The molecule has 3 nitrogen and oxygen atoms in total. The highest BCUT2D eigenvalue weighted by Crippen LogP contribution is 2.30. The van der Waals surface area contributed by atoms with E-state index in [0.29, 0.717) is 23.4 Å². The van der Waals surface area contributed by atoms with E-state index in [2.05, 4.69) is 21.1 Å². The molecular weight excluding hydrogens is 273 g/mol. The van der Waals surface area contributed by atoms with Crippen molar-refractivity contribution in [3.05, 3.63) is 52.1 Å². The van der Waals surface area contributed by atoms with Gasteiger partial charge in [-0.3, -0.25) is 4.98 Å². The number of anilines is 2. The number of halogens is 1. The van der Waals surface area contributed by atoms with Crippen molar-refractivity contribution < 1.29 is 4.39 Å². The first-order chi connectivity index (χ1) is 9.66. The van der Waals surface area contributed by atoms with Gasteiger partial charge in [-0.2, -0.15) is 11.3 Å². The molecule has 0 fully saturated rings. The lowest BCUT2D eigenvalue weighted by Crippen LogP contribution is -2.04. The summed E-state index contributed by atoms with van der Waals surface area (Å²) in [6.07, 6.45) is 1.64. The minimum Gasteiger partial charge on any atom is -0.398 e. The Hall–Kier alpha value is -2.14. The highest BCUT2D eigenvalue weighted by atomic mass is 32.1. The molecule has 0 aliphatic heterocycles. The van der Waals surface area contributed by atoms with Gasteiger partial charge < -0.3 is 11.1 Å². The van der Waals surface area contributed by atoms with Crippen LogP contribution in [-0.4, -0.2) is 4.98 Å². The second-order valence-corrected chi connectivity index (χ2v) is 5.40. The molecule has 0 bridgehead atoms. The summed E-state index contributed by atoms with van der Waals surface area (Å²) in [6.45, 7) is 2.62. The van der Waals surface area contributed by atoms with E-state index in [9.17, 15) is 4.39 Å². The average molecular weight is 287 g/mol. The highest BCUT2D eigenvalue weighted by Gasteiger charge is 2.12. The Balaban J connectivity index is 2.01. The van der Waals surface area contributed by atoms with Crippen molar-refractivity contribution in [2.75, 3.05) is 11.1 Å². The first kappa shape index (κ1) is 12.9. The van der Waals surface area contributed by atoms with Crippen LogP contribution >= 0.6 is 11.3 Å². The molecule has 0 atom stereocenters. The molecule has 2 aromatic heterocycles. The van der Waals surface area contributed by atoms with Crippen molar-refractivity contribution in [2.24, 2.45) is 0 Å². The molecule has 3 N–H and O–H groups in total. The summed E-state index contributed by atoms with van der Waals surface area (Å²) >= 11 is 1.64. The molecule has 0 saturated heterocycles. The first-order valence-electron chi connectivity index (χ1n) is 6.25. The monoisotopic (exact) mass is 287 g/mol. The van der Waals surface area contributed by atoms with Crippen molar-refractivity contribution in [1.29, 1.82) is 0 Å². The van der Waals surface area contributed by atoms with Gasteiger partial charge in [-0.25, -0.2) is 4.39 Å². The van der Waals surface area contributed by atoms with Gasteiger partial charge in [0, 0.05) is 23.8 Å². The Bertz CT molecular complexity index is 767. The molecule has 1 aromatic carbocycles. The molecule has 2 heterocycles. The largest absolute Gasteiger partial charge is 0.398 e. The molecule has 0 spiro atoms. The zero-order valence-electron chi connectivity index (χ0n) is 11.0. The van der Waals surface area contributed by atoms with Gasteiger partial charge >= 0.3 is 0 Å². The van der Waals surface area contributed by atoms with Gasteiger partial charge in [0.25, 0.3) is 0 Å². The maximum atomic E-state index is 14.1. The molecule has 0 radical (unpaired) electrons.